The minimum atomic E-state index is -0.758. The Labute approximate surface area is 199 Å². The molecule has 0 aliphatic heterocycles. The van der Waals surface area contributed by atoms with Crippen LogP contribution in [0.2, 0.25) is 0 Å². The van der Waals surface area contributed by atoms with E-state index in [1.807, 2.05) is 32.0 Å². The van der Waals surface area contributed by atoms with Crippen molar-refractivity contribution in [1.29, 1.82) is 0 Å². The molecule has 7 heteroatoms. The van der Waals surface area contributed by atoms with Crippen molar-refractivity contribution >= 4 is 17.9 Å². The molecule has 0 radical (unpaired) electrons. The van der Waals surface area contributed by atoms with Gasteiger partial charge in [0.1, 0.15) is 18.2 Å². The highest BCUT2D eigenvalue weighted by Crippen LogP contribution is 2.26. The maximum atomic E-state index is 13.4. The Kier molecular flexibility index (Phi) is 12.0. The van der Waals surface area contributed by atoms with Crippen molar-refractivity contribution in [3.05, 3.63) is 34.9 Å². The zero-order valence-electron chi connectivity index (χ0n) is 21.5. The molecule has 0 aliphatic carbocycles. The molecule has 0 bridgehead atoms. The Bertz CT molecular complexity index is 786. The monoisotopic (exact) mass is 461 g/mol. The first kappa shape index (κ1) is 28.5. The molecule has 0 fully saturated rings. The minimum Gasteiger partial charge on any atom is -0.444 e. The molecule has 0 aliphatic rings. The van der Waals surface area contributed by atoms with Crippen LogP contribution in [0, 0.1) is 13.8 Å². The van der Waals surface area contributed by atoms with Crippen molar-refractivity contribution in [1.82, 2.24) is 15.5 Å². The molecule has 1 atom stereocenters. The summed E-state index contributed by atoms with van der Waals surface area (Å²) in [6.45, 7) is 14.1. The summed E-state index contributed by atoms with van der Waals surface area (Å²) < 4.78 is 5.26. The van der Waals surface area contributed by atoms with Gasteiger partial charge in [-0.2, -0.15) is 0 Å². The predicted molar refractivity (Wildman–Crippen MR) is 132 cm³/mol. The van der Waals surface area contributed by atoms with Crippen LogP contribution in [0.25, 0.3) is 0 Å². The molecule has 3 amide bonds. The lowest BCUT2D eigenvalue weighted by molar-refractivity contribution is -0.140. The third-order valence-corrected chi connectivity index (χ3v) is 5.22. The van der Waals surface area contributed by atoms with E-state index in [1.165, 1.54) is 0 Å². The van der Waals surface area contributed by atoms with Crippen molar-refractivity contribution in [2.45, 2.75) is 92.2 Å². The Morgan fingerprint density at radius 2 is 1.67 bits per heavy atom. The molecule has 1 aromatic carbocycles. The molecule has 1 unspecified atom stereocenters. The standard InChI is InChI=1S/C26H43N3O4/c1-8-10-12-16-29(22(30)18-28-25(32)33-26(5,6)7)23(24(31)27-15-11-9-2)21-17-19(3)13-14-20(21)4/h13-14,17,23H,8-12,15-16,18H2,1-7H3,(H,27,31)(H,28,32). The van der Waals surface area contributed by atoms with E-state index < -0.39 is 17.7 Å². The summed E-state index contributed by atoms with van der Waals surface area (Å²) in [5, 5.41) is 5.56. The number of carbonyl (C=O) groups is 3. The van der Waals surface area contributed by atoms with Gasteiger partial charge in [-0.25, -0.2) is 4.79 Å². The number of ether oxygens (including phenoxy) is 1. The van der Waals surface area contributed by atoms with Crippen LogP contribution < -0.4 is 10.6 Å². The van der Waals surface area contributed by atoms with E-state index in [2.05, 4.69) is 24.5 Å². The van der Waals surface area contributed by atoms with E-state index in [1.54, 1.807) is 25.7 Å². The number of amides is 3. The summed E-state index contributed by atoms with van der Waals surface area (Å²) in [5.74, 6) is -0.507. The molecule has 33 heavy (non-hydrogen) atoms. The number of nitrogens with zero attached hydrogens (tertiary/aromatic N) is 1. The lowest BCUT2D eigenvalue weighted by Gasteiger charge is -2.33. The Hall–Kier alpha value is -2.57. The summed E-state index contributed by atoms with van der Waals surface area (Å²) in [6, 6.07) is 5.19. The highest BCUT2D eigenvalue weighted by atomic mass is 16.6. The van der Waals surface area contributed by atoms with E-state index in [0.717, 1.165) is 48.8 Å². The van der Waals surface area contributed by atoms with Crippen LogP contribution in [0.15, 0.2) is 18.2 Å². The van der Waals surface area contributed by atoms with Crippen molar-refractivity contribution in [2.24, 2.45) is 0 Å². The topological polar surface area (TPSA) is 87.7 Å². The van der Waals surface area contributed by atoms with Crippen LogP contribution in [0.4, 0.5) is 4.79 Å². The third kappa shape index (κ3) is 10.3. The fourth-order valence-electron chi connectivity index (χ4n) is 3.48. The smallest absolute Gasteiger partial charge is 0.408 e. The summed E-state index contributed by atoms with van der Waals surface area (Å²) >= 11 is 0. The van der Waals surface area contributed by atoms with Gasteiger partial charge < -0.3 is 20.3 Å². The van der Waals surface area contributed by atoms with Crippen LogP contribution >= 0.6 is 0 Å². The molecular weight excluding hydrogens is 418 g/mol. The van der Waals surface area contributed by atoms with E-state index in [-0.39, 0.29) is 18.4 Å². The van der Waals surface area contributed by atoms with Crippen molar-refractivity contribution in [3.8, 4) is 0 Å². The quantitative estimate of drug-likeness (QED) is 0.438. The maximum absolute atomic E-state index is 13.4. The summed E-state index contributed by atoms with van der Waals surface area (Å²) in [4.78, 5) is 40.4. The van der Waals surface area contributed by atoms with Crippen LogP contribution in [0.1, 0.15) is 89.5 Å². The predicted octanol–water partition coefficient (Wildman–Crippen LogP) is 4.80. The number of rotatable bonds is 12. The van der Waals surface area contributed by atoms with Gasteiger partial charge >= 0.3 is 6.09 Å². The van der Waals surface area contributed by atoms with Gasteiger partial charge in [-0.15, -0.1) is 0 Å². The number of unbranched alkanes of at least 4 members (excludes halogenated alkanes) is 3. The van der Waals surface area contributed by atoms with Gasteiger partial charge in [0.2, 0.25) is 11.8 Å². The van der Waals surface area contributed by atoms with Crippen LogP contribution in [-0.4, -0.2) is 48.0 Å². The van der Waals surface area contributed by atoms with Crippen LogP contribution in [-0.2, 0) is 14.3 Å². The second-order valence-corrected chi connectivity index (χ2v) is 9.56. The molecule has 0 saturated carbocycles. The van der Waals surface area contributed by atoms with Crippen molar-refractivity contribution < 1.29 is 19.1 Å². The first-order chi connectivity index (χ1) is 15.5. The normalized spacial score (nSPS) is 12.1. The largest absolute Gasteiger partial charge is 0.444 e. The molecule has 1 aromatic rings. The molecule has 0 heterocycles. The fourth-order valence-corrected chi connectivity index (χ4v) is 3.48. The maximum Gasteiger partial charge on any atom is 0.408 e. The van der Waals surface area contributed by atoms with Crippen LogP contribution in [0.3, 0.4) is 0 Å². The SMILES string of the molecule is CCCCCN(C(=O)CNC(=O)OC(C)(C)C)C(C(=O)NCCCC)c1cc(C)ccc1C. The lowest BCUT2D eigenvalue weighted by Crippen LogP contribution is -2.48. The van der Waals surface area contributed by atoms with Gasteiger partial charge in [-0.3, -0.25) is 9.59 Å². The zero-order chi connectivity index (χ0) is 25.0. The number of carbonyl (C=O) groups excluding carboxylic acids is 3. The Balaban J connectivity index is 3.23. The number of benzene rings is 1. The number of alkyl carbamates (subject to hydrolysis) is 1. The minimum absolute atomic E-state index is 0.195. The molecular formula is C26H43N3O4. The number of hydrogen-bond acceptors (Lipinski definition) is 4. The fraction of sp³-hybridized carbons (Fsp3) is 0.654. The van der Waals surface area contributed by atoms with Gasteiger partial charge in [0.05, 0.1) is 0 Å². The first-order valence-electron chi connectivity index (χ1n) is 12.1. The van der Waals surface area contributed by atoms with Gasteiger partial charge in [0.15, 0.2) is 0 Å². The van der Waals surface area contributed by atoms with Crippen LogP contribution in [0.5, 0.6) is 0 Å². The molecule has 0 saturated heterocycles. The summed E-state index contributed by atoms with van der Waals surface area (Å²) in [6.07, 6.45) is 3.90. The lowest BCUT2D eigenvalue weighted by atomic mass is 9.96. The average Bonchev–Trinajstić information content (AvgIpc) is 2.72. The molecule has 0 aromatic heterocycles. The summed E-state index contributed by atoms with van der Waals surface area (Å²) in [7, 11) is 0. The van der Waals surface area contributed by atoms with Gasteiger partial charge in [-0.05, 0) is 58.6 Å². The van der Waals surface area contributed by atoms with E-state index in [0.29, 0.717) is 13.1 Å². The molecule has 1 rings (SSSR count). The molecule has 7 nitrogen and oxygen atoms in total. The Morgan fingerprint density at radius 3 is 2.27 bits per heavy atom. The molecule has 0 spiro atoms. The van der Waals surface area contributed by atoms with Gasteiger partial charge in [-0.1, -0.05) is 56.9 Å². The number of aryl methyl sites for hydroxylation is 2. The average molecular weight is 462 g/mol. The van der Waals surface area contributed by atoms with E-state index in [4.69, 9.17) is 4.74 Å². The van der Waals surface area contributed by atoms with E-state index in [9.17, 15) is 14.4 Å². The van der Waals surface area contributed by atoms with Gasteiger partial charge in [0, 0.05) is 13.1 Å². The van der Waals surface area contributed by atoms with Crippen molar-refractivity contribution in [2.75, 3.05) is 19.6 Å². The van der Waals surface area contributed by atoms with Gasteiger partial charge in [0.25, 0.3) is 0 Å². The zero-order valence-corrected chi connectivity index (χ0v) is 21.5. The second kappa shape index (κ2) is 13.9. The van der Waals surface area contributed by atoms with E-state index >= 15 is 0 Å². The van der Waals surface area contributed by atoms with Crippen molar-refractivity contribution in [3.63, 3.8) is 0 Å². The Morgan fingerprint density at radius 1 is 1.00 bits per heavy atom. The molecule has 2 N–H and O–H groups in total. The first-order valence-corrected chi connectivity index (χ1v) is 12.1. The number of hydrogen-bond donors (Lipinski definition) is 2. The highest BCUT2D eigenvalue weighted by Gasteiger charge is 2.32. The number of nitrogens with one attached hydrogen (secondary N) is 2. The molecule has 186 valence electrons. The summed E-state index contributed by atoms with van der Waals surface area (Å²) in [5.41, 5.74) is 2.12. The third-order valence-electron chi connectivity index (χ3n) is 5.22. The highest BCUT2D eigenvalue weighted by molar-refractivity contribution is 5.90. The second-order valence-electron chi connectivity index (χ2n) is 9.56.